The highest BCUT2D eigenvalue weighted by atomic mass is 16.3. The fraction of sp³-hybridized carbons (Fsp3) is 0.385. The first kappa shape index (κ1) is 9.47. The van der Waals surface area contributed by atoms with Crippen LogP contribution in [0.25, 0.3) is 0 Å². The molecule has 0 spiro atoms. The van der Waals surface area contributed by atoms with Crippen molar-refractivity contribution in [2.24, 2.45) is 5.41 Å². The summed E-state index contributed by atoms with van der Waals surface area (Å²) in [5.74, 6) is 0. The van der Waals surface area contributed by atoms with Crippen LogP contribution in [0.15, 0.2) is 30.9 Å². The number of aryl methyl sites for hydroxylation is 1. The Kier molecular flexibility index (Phi) is 2.00. The van der Waals surface area contributed by atoms with Crippen LogP contribution in [0.3, 0.4) is 0 Å². The molecule has 0 aromatic heterocycles. The number of aliphatic hydroxyl groups excluding tert-OH is 1. The molecule has 1 N–H and O–H groups in total. The second kappa shape index (κ2) is 2.96. The Balaban J connectivity index is 2.51. The van der Waals surface area contributed by atoms with Gasteiger partial charge < -0.3 is 5.11 Å². The minimum absolute atomic E-state index is 0.184. The van der Waals surface area contributed by atoms with Crippen LogP contribution in [-0.2, 0) is 6.42 Å². The van der Waals surface area contributed by atoms with Crippen LogP contribution in [0.5, 0.6) is 0 Å². The molecule has 1 aromatic rings. The molecule has 0 saturated carbocycles. The summed E-state index contributed by atoms with van der Waals surface area (Å²) < 4.78 is 0. The first-order chi connectivity index (χ1) is 6.57. The van der Waals surface area contributed by atoms with E-state index >= 15 is 0 Å². The SMILES string of the molecule is C=C[C@@]1(C)Cc2ccc(C)cc2[C@@H]1O. The molecular formula is C13H16O. The molecule has 1 aliphatic rings. The van der Waals surface area contributed by atoms with E-state index in [1.807, 2.05) is 6.08 Å². The van der Waals surface area contributed by atoms with Gasteiger partial charge in [0.1, 0.15) is 0 Å². The van der Waals surface area contributed by atoms with E-state index in [9.17, 15) is 5.11 Å². The third-order valence-electron chi connectivity index (χ3n) is 3.26. The fourth-order valence-electron chi connectivity index (χ4n) is 2.18. The van der Waals surface area contributed by atoms with Gasteiger partial charge in [-0.25, -0.2) is 0 Å². The smallest absolute Gasteiger partial charge is 0.0883 e. The second-order valence-electron chi connectivity index (χ2n) is 4.49. The number of aliphatic hydroxyl groups is 1. The lowest BCUT2D eigenvalue weighted by molar-refractivity contribution is 0.0868. The highest BCUT2D eigenvalue weighted by molar-refractivity contribution is 5.40. The van der Waals surface area contributed by atoms with Crippen molar-refractivity contribution in [2.75, 3.05) is 0 Å². The maximum atomic E-state index is 10.2. The van der Waals surface area contributed by atoms with Crippen LogP contribution < -0.4 is 0 Å². The summed E-state index contributed by atoms with van der Waals surface area (Å²) in [7, 11) is 0. The summed E-state index contributed by atoms with van der Waals surface area (Å²) in [6.07, 6.45) is 2.37. The number of hydrogen-bond acceptors (Lipinski definition) is 1. The van der Waals surface area contributed by atoms with Gasteiger partial charge in [-0.15, -0.1) is 6.58 Å². The first-order valence-electron chi connectivity index (χ1n) is 4.98. The van der Waals surface area contributed by atoms with Gasteiger partial charge in [0.15, 0.2) is 0 Å². The van der Waals surface area contributed by atoms with Gasteiger partial charge in [0.25, 0.3) is 0 Å². The van der Waals surface area contributed by atoms with Gasteiger partial charge in [-0.1, -0.05) is 36.8 Å². The van der Waals surface area contributed by atoms with Crippen molar-refractivity contribution in [1.29, 1.82) is 0 Å². The van der Waals surface area contributed by atoms with E-state index < -0.39 is 6.10 Å². The maximum absolute atomic E-state index is 10.2. The predicted octanol–water partition coefficient (Wildman–Crippen LogP) is 2.78. The molecule has 0 radical (unpaired) electrons. The zero-order valence-electron chi connectivity index (χ0n) is 8.75. The topological polar surface area (TPSA) is 20.2 Å². The molecule has 74 valence electrons. The van der Waals surface area contributed by atoms with Crippen molar-refractivity contribution in [1.82, 2.24) is 0 Å². The molecule has 1 aromatic carbocycles. The molecule has 1 heteroatoms. The van der Waals surface area contributed by atoms with Crippen LogP contribution in [0.2, 0.25) is 0 Å². The molecule has 0 amide bonds. The molecule has 2 rings (SSSR count). The normalized spacial score (nSPS) is 30.1. The average Bonchev–Trinajstić information content (AvgIpc) is 2.42. The van der Waals surface area contributed by atoms with Crippen LogP contribution in [0.1, 0.15) is 29.7 Å². The van der Waals surface area contributed by atoms with Gasteiger partial charge >= 0.3 is 0 Å². The van der Waals surface area contributed by atoms with Crippen molar-refractivity contribution in [3.8, 4) is 0 Å². The van der Waals surface area contributed by atoms with Crippen molar-refractivity contribution >= 4 is 0 Å². The summed E-state index contributed by atoms with van der Waals surface area (Å²) >= 11 is 0. The molecule has 0 heterocycles. The lowest BCUT2D eigenvalue weighted by atomic mass is 9.85. The molecule has 1 aliphatic carbocycles. The fourth-order valence-corrected chi connectivity index (χ4v) is 2.18. The van der Waals surface area contributed by atoms with Crippen LogP contribution >= 0.6 is 0 Å². The van der Waals surface area contributed by atoms with E-state index in [1.54, 1.807) is 0 Å². The highest BCUT2D eigenvalue weighted by Gasteiger charge is 2.38. The van der Waals surface area contributed by atoms with E-state index in [0.717, 1.165) is 12.0 Å². The summed E-state index contributed by atoms with van der Waals surface area (Å²) in [5.41, 5.74) is 3.35. The lowest BCUT2D eigenvalue weighted by Gasteiger charge is -2.23. The van der Waals surface area contributed by atoms with Crippen molar-refractivity contribution in [3.63, 3.8) is 0 Å². The monoisotopic (exact) mass is 188 g/mol. The molecule has 0 unspecified atom stereocenters. The second-order valence-corrected chi connectivity index (χ2v) is 4.49. The van der Waals surface area contributed by atoms with E-state index in [0.29, 0.717) is 0 Å². The third-order valence-corrected chi connectivity index (χ3v) is 3.26. The molecule has 2 atom stereocenters. The molecule has 0 saturated heterocycles. The quantitative estimate of drug-likeness (QED) is 0.672. The summed E-state index contributed by atoms with van der Waals surface area (Å²) in [6, 6.07) is 6.29. The number of benzene rings is 1. The molecule has 0 fully saturated rings. The van der Waals surface area contributed by atoms with Crippen molar-refractivity contribution < 1.29 is 5.11 Å². The number of hydrogen-bond donors (Lipinski definition) is 1. The third kappa shape index (κ3) is 1.20. The average molecular weight is 188 g/mol. The summed E-state index contributed by atoms with van der Waals surface area (Å²) in [6.45, 7) is 7.92. The van der Waals surface area contributed by atoms with E-state index in [4.69, 9.17) is 0 Å². The molecule has 1 nitrogen and oxygen atoms in total. The van der Waals surface area contributed by atoms with E-state index in [-0.39, 0.29) is 5.41 Å². The Bertz CT molecular complexity index is 381. The van der Waals surface area contributed by atoms with E-state index in [1.165, 1.54) is 11.1 Å². The molecule has 0 aliphatic heterocycles. The molecular weight excluding hydrogens is 172 g/mol. The van der Waals surface area contributed by atoms with Crippen LogP contribution in [0.4, 0.5) is 0 Å². The predicted molar refractivity (Wildman–Crippen MR) is 58.1 cm³/mol. The van der Waals surface area contributed by atoms with Crippen LogP contribution in [-0.4, -0.2) is 5.11 Å². The van der Waals surface area contributed by atoms with Crippen LogP contribution in [0, 0.1) is 12.3 Å². The van der Waals surface area contributed by atoms with Gasteiger partial charge in [0.2, 0.25) is 0 Å². The summed E-state index contributed by atoms with van der Waals surface area (Å²) in [4.78, 5) is 0. The zero-order valence-corrected chi connectivity index (χ0v) is 8.75. The minimum atomic E-state index is -0.394. The Morgan fingerprint density at radius 2 is 2.29 bits per heavy atom. The minimum Gasteiger partial charge on any atom is -0.387 e. The highest BCUT2D eigenvalue weighted by Crippen LogP contribution is 2.46. The lowest BCUT2D eigenvalue weighted by Crippen LogP contribution is -2.18. The first-order valence-corrected chi connectivity index (χ1v) is 4.98. The largest absolute Gasteiger partial charge is 0.387 e. The maximum Gasteiger partial charge on any atom is 0.0883 e. The van der Waals surface area contributed by atoms with Gasteiger partial charge in [-0.3, -0.25) is 0 Å². The number of fused-ring (bicyclic) bond motifs is 1. The van der Waals surface area contributed by atoms with Crippen molar-refractivity contribution in [3.05, 3.63) is 47.5 Å². The Morgan fingerprint density at radius 3 is 2.93 bits per heavy atom. The van der Waals surface area contributed by atoms with Gasteiger partial charge in [-0.05, 0) is 24.5 Å². The Hall–Kier alpha value is -1.08. The molecule has 14 heavy (non-hydrogen) atoms. The molecule has 0 bridgehead atoms. The van der Waals surface area contributed by atoms with Gasteiger partial charge in [0.05, 0.1) is 6.10 Å². The standard InChI is InChI=1S/C13H16O/c1-4-13(3)8-10-6-5-9(2)7-11(10)12(13)14/h4-7,12,14H,1,8H2,2-3H3/t12-,13-/m0/s1. The van der Waals surface area contributed by atoms with Gasteiger partial charge in [0, 0.05) is 5.41 Å². The summed E-state index contributed by atoms with van der Waals surface area (Å²) in [5, 5.41) is 10.2. The zero-order chi connectivity index (χ0) is 10.3. The van der Waals surface area contributed by atoms with Crippen molar-refractivity contribution in [2.45, 2.75) is 26.4 Å². The number of rotatable bonds is 1. The van der Waals surface area contributed by atoms with E-state index in [2.05, 4.69) is 38.6 Å². The Labute approximate surface area is 85.1 Å². The Morgan fingerprint density at radius 1 is 1.57 bits per heavy atom. The van der Waals surface area contributed by atoms with Gasteiger partial charge in [-0.2, -0.15) is 0 Å².